The zero-order valence-electron chi connectivity index (χ0n) is 23.5. The number of ether oxygens (including phenoxy) is 2. The van der Waals surface area contributed by atoms with Crippen LogP contribution < -0.4 is 10.4 Å². The van der Waals surface area contributed by atoms with E-state index in [2.05, 4.69) is 24.3 Å². The van der Waals surface area contributed by atoms with Crippen LogP contribution in [-0.2, 0) is 19.1 Å². The van der Waals surface area contributed by atoms with Gasteiger partial charge in [0.15, 0.2) is 19.6 Å². The Morgan fingerprint density at radius 1 is 0.419 bits per heavy atom. The second-order valence-corrected chi connectivity index (χ2v) is 14.9. The first-order valence-electron chi connectivity index (χ1n) is 14.6. The van der Waals surface area contributed by atoms with E-state index < -0.39 is 8.07 Å². The summed E-state index contributed by atoms with van der Waals surface area (Å²) in [4.78, 5) is 30.2. The Labute approximate surface area is 251 Å². The third-order valence-corrected chi connectivity index (χ3v) is 14.1. The van der Waals surface area contributed by atoms with Gasteiger partial charge in [-0.3, -0.25) is 9.59 Å². The summed E-state index contributed by atoms with van der Waals surface area (Å²) in [5.41, 5.74) is 6.94. The number of allylic oxidation sites excluding steroid dienone is 4. The number of Topliss-reactive ketones (excluding diaryl/α,β-unsaturated/α-hetero) is 2. The number of carbonyl (C=O) groups excluding carboxylic acids is 2. The highest BCUT2D eigenvalue weighted by Crippen LogP contribution is 2.49. The summed E-state index contributed by atoms with van der Waals surface area (Å²) in [6.07, 6.45) is 0. The maximum Gasteiger partial charge on any atom is 0.189 e. The molecule has 4 aromatic carbocycles. The molecule has 2 saturated heterocycles. The van der Waals surface area contributed by atoms with Gasteiger partial charge in [0.2, 0.25) is 0 Å². The van der Waals surface area contributed by atoms with Crippen molar-refractivity contribution in [2.75, 3.05) is 26.4 Å². The molecule has 0 amide bonds. The lowest BCUT2D eigenvalue weighted by atomic mass is 10.00. The summed E-state index contributed by atoms with van der Waals surface area (Å²) >= 11 is 0. The Morgan fingerprint density at radius 2 is 0.744 bits per heavy atom. The molecule has 5 heteroatoms. The van der Waals surface area contributed by atoms with Crippen molar-refractivity contribution in [1.29, 1.82) is 0 Å². The molecular formula is C38H28O4Si. The first-order chi connectivity index (χ1) is 21.2. The number of hydrogen-bond donors (Lipinski definition) is 0. The molecule has 4 nitrogen and oxygen atoms in total. The Morgan fingerprint density at radius 3 is 1.12 bits per heavy atom. The van der Waals surface area contributed by atoms with E-state index in [1.54, 1.807) is 0 Å². The van der Waals surface area contributed by atoms with Crippen LogP contribution in [0.4, 0.5) is 0 Å². The average Bonchev–Trinajstić information content (AvgIpc) is 3.83. The molecule has 0 bridgehead atoms. The summed E-state index contributed by atoms with van der Waals surface area (Å²) in [6, 6.07) is 40.2. The third-order valence-electron chi connectivity index (χ3n) is 9.12. The van der Waals surface area contributed by atoms with Crippen LogP contribution in [0.2, 0.25) is 0 Å². The van der Waals surface area contributed by atoms with Crippen molar-refractivity contribution in [1.82, 2.24) is 0 Å². The number of benzene rings is 4. The molecule has 0 radical (unpaired) electrons. The highest BCUT2D eigenvalue weighted by atomic mass is 28.3. The van der Waals surface area contributed by atoms with Crippen molar-refractivity contribution < 1.29 is 19.1 Å². The van der Waals surface area contributed by atoms with Gasteiger partial charge in [0.1, 0.15) is 0 Å². The van der Waals surface area contributed by atoms with Gasteiger partial charge < -0.3 is 9.47 Å². The first-order valence-corrected chi connectivity index (χ1v) is 16.6. The van der Waals surface area contributed by atoms with E-state index in [4.69, 9.17) is 9.47 Å². The summed E-state index contributed by atoms with van der Waals surface area (Å²) in [7, 11) is -3.51. The van der Waals surface area contributed by atoms with E-state index >= 15 is 9.59 Å². The minimum atomic E-state index is -3.51. The summed E-state index contributed by atoms with van der Waals surface area (Å²) < 4.78 is 12.2. The largest absolute Gasteiger partial charge is 0.372 e. The zero-order chi connectivity index (χ0) is 29.0. The van der Waals surface area contributed by atoms with Gasteiger partial charge in [-0.25, -0.2) is 0 Å². The molecule has 0 aromatic heterocycles. The number of hydrogen-bond acceptors (Lipinski definition) is 4. The van der Waals surface area contributed by atoms with E-state index in [1.807, 2.05) is 97.1 Å². The molecule has 208 valence electrons. The predicted octanol–water partition coefficient (Wildman–Crippen LogP) is 5.05. The molecule has 4 aliphatic rings. The van der Waals surface area contributed by atoms with Crippen molar-refractivity contribution in [2.45, 2.75) is 0 Å². The van der Waals surface area contributed by atoms with Crippen LogP contribution in [-0.4, -0.2) is 46.1 Å². The van der Waals surface area contributed by atoms with Crippen molar-refractivity contribution in [2.24, 2.45) is 0 Å². The molecule has 2 aliphatic heterocycles. The topological polar surface area (TPSA) is 52.6 Å². The van der Waals surface area contributed by atoms with E-state index in [9.17, 15) is 0 Å². The molecule has 2 heterocycles. The first kappa shape index (κ1) is 26.0. The summed E-state index contributed by atoms with van der Waals surface area (Å²) in [6.45, 7) is 1.45. The molecule has 4 aromatic rings. The summed E-state index contributed by atoms with van der Waals surface area (Å²) in [5, 5.41) is 3.50. The van der Waals surface area contributed by atoms with Crippen LogP contribution >= 0.6 is 0 Å². The second kappa shape index (κ2) is 10.2. The smallest absolute Gasteiger partial charge is 0.189 e. The normalized spacial score (nSPS) is 18.3. The fourth-order valence-electron chi connectivity index (χ4n) is 7.41. The van der Waals surface area contributed by atoms with E-state index in [0.29, 0.717) is 37.6 Å². The summed E-state index contributed by atoms with van der Waals surface area (Å²) in [5.74, 6) is 0.0156. The molecule has 43 heavy (non-hydrogen) atoms. The average molecular weight is 577 g/mol. The van der Waals surface area contributed by atoms with Crippen LogP contribution in [0.3, 0.4) is 0 Å². The Bertz CT molecular complexity index is 1770. The molecule has 8 rings (SSSR count). The highest BCUT2D eigenvalue weighted by Gasteiger charge is 2.58. The van der Waals surface area contributed by atoms with Crippen molar-refractivity contribution in [3.05, 3.63) is 165 Å². The minimum Gasteiger partial charge on any atom is -0.372 e. The van der Waals surface area contributed by atoms with Crippen molar-refractivity contribution in [3.63, 3.8) is 0 Å². The standard InChI is InChI=1S/C38H28O4Si/c39-35-33(25-13-5-1-6-14-25)29-21-41-23-31(29)37(35)43(27-17-9-3-10-18-27,28-19-11-4-12-20-28)38-32-24-42-22-30(32)34(36(38)40)26-15-7-2-8-16-26/h1-20H,21-24H2. The molecule has 0 spiro atoms. The predicted molar refractivity (Wildman–Crippen MR) is 170 cm³/mol. The van der Waals surface area contributed by atoms with Crippen LogP contribution in [0, 0.1) is 0 Å². The van der Waals surface area contributed by atoms with E-state index in [1.165, 1.54) is 0 Å². The lowest BCUT2D eigenvalue weighted by Gasteiger charge is -2.36. The van der Waals surface area contributed by atoms with Gasteiger partial charge in [-0.15, -0.1) is 0 Å². The fraction of sp³-hybridized carbons (Fsp3) is 0.105. The van der Waals surface area contributed by atoms with Crippen LogP contribution in [0.1, 0.15) is 11.1 Å². The minimum absolute atomic E-state index is 0.00778. The van der Waals surface area contributed by atoms with Gasteiger partial charge in [0.05, 0.1) is 26.4 Å². The Balaban J connectivity index is 1.46. The SMILES string of the molecule is O=C1C(c2ccccc2)=C2COCC2=C1[Si](C1=C2COCC2=C(c2ccccc2)C1=O)(c1ccccc1)c1ccccc1. The Hall–Kier alpha value is -4.68. The quantitative estimate of drug-likeness (QED) is 0.302. The zero-order valence-corrected chi connectivity index (χ0v) is 24.5. The lowest BCUT2D eigenvalue weighted by molar-refractivity contribution is -0.110. The molecule has 2 aliphatic carbocycles. The van der Waals surface area contributed by atoms with Gasteiger partial charge in [-0.05, 0) is 43.8 Å². The van der Waals surface area contributed by atoms with Gasteiger partial charge in [-0.1, -0.05) is 121 Å². The fourth-order valence-corrected chi connectivity index (χ4v) is 12.8. The molecule has 0 unspecified atom stereocenters. The maximum atomic E-state index is 15.1. The van der Waals surface area contributed by atoms with Crippen LogP contribution in [0.15, 0.2) is 154 Å². The maximum absolute atomic E-state index is 15.1. The molecular weight excluding hydrogens is 549 g/mol. The molecule has 0 saturated carbocycles. The van der Waals surface area contributed by atoms with Crippen molar-refractivity contribution in [3.8, 4) is 0 Å². The van der Waals surface area contributed by atoms with E-state index in [-0.39, 0.29) is 11.6 Å². The van der Waals surface area contributed by atoms with E-state index in [0.717, 1.165) is 54.2 Å². The highest BCUT2D eigenvalue weighted by molar-refractivity contribution is 7.18. The lowest BCUT2D eigenvalue weighted by Crippen LogP contribution is -2.65. The Kier molecular flexibility index (Phi) is 6.19. The monoisotopic (exact) mass is 576 g/mol. The van der Waals surface area contributed by atoms with Gasteiger partial charge in [0.25, 0.3) is 0 Å². The molecule has 0 N–H and O–H groups in total. The third kappa shape index (κ3) is 3.76. The van der Waals surface area contributed by atoms with Crippen molar-refractivity contribution >= 4 is 41.2 Å². The molecule has 2 fully saturated rings. The molecule has 0 atom stereocenters. The van der Waals surface area contributed by atoms with Gasteiger partial charge in [-0.2, -0.15) is 0 Å². The number of ketones is 2. The number of fused-ring (bicyclic) bond motifs is 2. The van der Waals surface area contributed by atoms with Crippen LogP contribution in [0.5, 0.6) is 0 Å². The number of carbonyl (C=O) groups is 2. The van der Waals surface area contributed by atoms with Crippen LogP contribution in [0.25, 0.3) is 11.1 Å². The second-order valence-electron chi connectivity index (χ2n) is 11.3. The van der Waals surface area contributed by atoms with Gasteiger partial charge in [0, 0.05) is 21.5 Å². The number of rotatable bonds is 6. The van der Waals surface area contributed by atoms with Gasteiger partial charge >= 0.3 is 0 Å².